The minimum atomic E-state index is -1.27. The van der Waals surface area contributed by atoms with Gasteiger partial charge in [-0.25, -0.2) is 0 Å². The predicted molar refractivity (Wildman–Crippen MR) is 64.1 cm³/mol. The lowest BCUT2D eigenvalue weighted by atomic mass is 9.99. The Morgan fingerprint density at radius 2 is 1.83 bits per heavy atom. The van der Waals surface area contributed by atoms with E-state index >= 15 is 0 Å². The van der Waals surface area contributed by atoms with Crippen molar-refractivity contribution in [2.75, 3.05) is 5.32 Å². The first-order chi connectivity index (χ1) is 8.49. The molecule has 0 aliphatic carbocycles. The highest BCUT2D eigenvalue weighted by atomic mass is 16.5. The summed E-state index contributed by atoms with van der Waals surface area (Å²) < 4.78 is 5.37. The number of aliphatic hydroxyl groups is 3. The average Bonchev–Trinajstić information content (AvgIpc) is 2.33. The van der Waals surface area contributed by atoms with Gasteiger partial charge >= 0.3 is 0 Å². The largest absolute Gasteiger partial charge is 0.508 e. The predicted octanol–water partition coefficient (Wildman–Crippen LogP) is -0.368. The zero-order chi connectivity index (χ0) is 13.3. The molecule has 1 aliphatic heterocycles. The van der Waals surface area contributed by atoms with Crippen LogP contribution in [-0.4, -0.2) is 51.1 Å². The third-order valence-corrected chi connectivity index (χ3v) is 3.01. The Hall–Kier alpha value is -1.34. The molecule has 5 atom stereocenters. The molecule has 1 aliphatic rings. The number of hydrogen-bond donors (Lipinski definition) is 5. The molecule has 100 valence electrons. The van der Waals surface area contributed by atoms with Crippen molar-refractivity contribution in [3.05, 3.63) is 24.3 Å². The van der Waals surface area contributed by atoms with Gasteiger partial charge in [-0.2, -0.15) is 0 Å². The number of ether oxygens (including phenoxy) is 1. The summed E-state index contributed by atoms with van der Waals surface area (Å²) in [5, 5.41) is 41.2. The fourth-order valence-electron chi connectivity index (χ4n) is 1.93. The zero-order valence-corrected chi connectivity index (χ0v) is 9.89. The molecule has 0 amide bonds. The molecule has 0 unspecified atom stereocenters. The SMILES string of the molecule is C[C@@H]1O[C@H](Nc2cccc(O)c2)[C@H](O)[C@@H](O)[C@H]1O. The number of aliphatic hydroxyl groups excluding tert-OH is 3. The van der Waals surface area contributed by atoms with Crippen molar-refractivity contribution in [2.45, 2.75) is 37.6 Å². The van der Waals surface area contributed by atoms with E-state index in [-0.39, 0.29) is 5.75 Å². The minimum Gasteiger partial charge on any atom is -0.508 e. The second-order valence-electron chi connectivity index (χ2n) is 4.43. The summed E-state index contributed by atoms with van der Waals surface area (Å²) in [6, 6.07) is 6.32. The first-order valence-electron chi connectivity index (χ1n) is 5.74. The molecule has 2 rings (SSSR count). The Labute approximate surface area is 104 Å². The summed E-state index contributed by atoms with van der Waals surface area (Å²) in [6.45, 7) is 1.61. The molecular weight excluding hydrogens is 238 g/mol. The second kappa shape index (κ2) is 5.11. The molecule has 6 nitrogen and oxygen atoms in total. The number of hydrogen-bond acceptors (Lipinski definition) is 6. The topological polar surface area (TPSA) is 102 Å². The van der Waals surface area contributed by atoms with E-state index in [2.05, 4.69) is 5.32 Å². The van der Waals surface area contributed by atoms with E-state index in [0.717, 1.165) is 0 Å². The third kappa shape index (κ3) is 2.56. The van der Waals surface area contributed by atoms with Crippen molar-refractivity contribution >= 4 is 5.69 Å². The summed E-state index contributed by atoms with van der Waals surface area (Å²) in [5.74, 6) is 0.0823. The number of rotatable bonds is 2. The first-order valence-corrected chi connectivity index (χ1v) is 5.74. The van der Waals surface area contributed by atoms with E-state index in [4.69, 9.17) is 4.74 Å². The van der Waals surface area contributed by atoms with E-state index in [0.29, 0.717) is 5.69 Å². The molecule has 1 aromatic rings. The van der Waals surface area contributed by atoms with Gasteiger partial charge < -0.3 is 30.5 Å². The maximum Gasteiger partial charge on any atom is 0.157 e. The average molecular weight is 255 g/mol. The number of benzene rings is 1. The molecule has 6 heteroatoms. The van der Waals surface area contributed by atoms with Gasteiger partial charge in [0, 0.05) is 11.8 Å². The van der Waals surface area contributed by atoms with Gasteiger partial charge in [0.05, 0.1) is 6.10 Å². The normalized spacial score (nSPS) is 36.3. The fraction of sp³-hybridized carbons (Fsp3) is 0.500. The summed E-state index contributed by atoms with van der Waals surface area (Å²) in [4.78, 5) is 0. The van der Waals surface area contributed by atoms with E-state index in [9.17, 15) is 20.4 Å². The standard InChI is InChI=1S/C12H17NO5/c1-6-9(15)10(16)11(17)12(18-6)13-7-3-2-4-8(14)5-7/h2-6,9-17H,1H3/t6-,9-,10-,11+,12-/m0/s1. The van der Waals surface area contributed by atoms with Crippen LogP contribution in [0.3, 0.4) is 0 Å². The van der Waals surface area contributed by atoms with Crippen LogP contribution in [0, 0.1) is 0 Å². The van der Waals surface area contributed by atoms with Crippen LogP contribution in [0.25, 0.3) is 0 Å². The molecule has 1 fully saturated rings. The number of anilines is 1. The van der Waals surface area contributed by atoms with Crippen molar-refractivity contribution < 1.29 is 25.2 Å². The quantitative estimate of drug-likeness (QED) is 0.494. The van der Waals surface area contributed by atoms with Crippen LogP contribution in [0.15, 0.2) is 24.3 Å². The molecule has 1 heterocycles. The number of phenols is 1. The maximum atomic E-state index is 9.80. The number of nitrogens with one attached hydrogen (secondary N) is 1. The summed E-state index contributed by atoms with van der Waals surface area (Å²) >= 11 is 0. The monoisotopic (exact) mass is 255 g/mol. The summed E-state index contributed by atoms with van der Waals surface area (Å²) in [5.41, 5.74) is 0.551. The molecule has 0 aromatic heterocycles. The van der Waals surface area contributed by atoms with E-state index < -0.39 is 30.6 Å². The second-order valence-corrected chi connectivity index (χ2v) is 4.43. The lowest BCUT2D eigenvalue weighted by Gasteiger charge is -2.39. The smallest absolute Gasteiger partial charge is 0.157 e. The lowest BCUT2D eigenvalue weighted by Crippen LogP contribution is -2.58. The van der Waals surface area contributed by atoms with Gasteiger partial charge in [0.1, 0.15) is 24.1 Å². The Morgan fingerprint density at radius 1 is 1.11 bits per heavy atom. The van der Waals surface area contributed by atoms with Crippen LogP contribution in [-0.2, 0) is 4.74 Å². The van der Waals surface area contributed by atoms with Gasteiger partial charge in [-0.05, 0) is 19.1 Å². The Bertz CT molecular complexity index is 413. The first kappa shape index (κ1) is 13.1. The molecule has 1 aromatic carbocycles. The van der Waals surface area contributed by atoms with Crippen LogP contribution >= 0.6 is 0 Å². The zero-order valence-electron chi connectivity index (χ0n) is 9.89. The van der Waals surface area contributed by atoms with E-state index in [1.807, 2.05) is 0 Å². The molecule has 0 saturated carbocycles. The van der Waals surface area contributed by atoms with Crippen molar-refractivity contribution in [3.63, 3.8) is 0 Å². The van der Waals surface area contributed by atoms with Crippen molar-refractivity contribution in [1.82, 2.24) is 0 Å². The van der Waals surface area contributed by atoms with Gasteiger partial charge in [0.25, 0.3) is 0 Å². The van der Waals surface area contributed by atoms with Crippen molar-refractivity contribution in [1.29, 1.82) is 0 Å². The highest BCUT2D eigenvalue weighted by Gasteiger charge is 2.41. The maximum absolute atomic E-state index is 9.80. The van der Waals surface area contributed by atoms with Gasteiger partial charge in [0.2, 0.25) is 0 Å². The summed E-state index contributed by atoms with van der Waals surface area (Å²) in [6.07, 6.45) is -5.09. The van der Waals surface area contributed by atoms with Gasteiger partial charge in [0.15, 0.2) is 6.23 Å². The van der Waals surface area contributed by atoms with E-state index in [1.54, 1.807) is 19.1 Å². The van der Waals surface area contributed by atoms with Crippen LogP contribution in [0.4, 0.5) is 5.69 Å². The highest BCUT2D eigenvalue weighted by molar-refractivity contribution is 5.48. The Balaban J connectivity index is 2.09. The molecule has 18 heavy (non-hydrogen) atoms. The van der Waals surface area contributed by atoms with Gasteiger partial charge in [-0.1, -0.05) is 6.07 Å². The van der Waals surface area contributed by atoms with Crippen LogP contribution in [0.2, 0.25) is 0 Å². The fourth-order valence-corrected chi connectivity index (χ4v) is 1.93. The molecule has 1 saturated heterocycles. The minimum absolute atomic E-state index is 0.0823. The molecule has 0 spiro atoms. The van der Waals surface area contributed by atoms with Crippen LogP contribution in [0.5, 0.6) is 5.75 Å². The Morgan fingerprint density at radius 3 is 2.50 bits per heavy atom. The van der Waals surface area contributed by atoms with Crippen LogP contribution < -0.4 is 5.32 Å². The van der Waals surface area contributed by atoms with E-state index in [1.165, 1.54) is 12.1 Å². The third-order valence-electron chi connectivity index (χ3n) is 3.01. The molecule has 5 N–H and O–H groups in total. The van der Waals surface area contributed by atoms with Gasteiger partial charge in [-0.15, -0.1) is 0 Å². The number of phenolic OH excluding ortho intramolecular Hbond substituents is 1. The lowest BCUT2D eigenvalue weighted by molar-refractivity contribution is -0.209. The molecule has 0 radical (unpaired) electrons. The Kier molecular flexibility index (Phi) is 3.72. The summed E-state index contributed by atoms with van der Waals surface area (Å²) in [7, 11) is 0. The van der Waals surface area contributed by atoms with Crippen molar-refractivity contribution in [3.8, 4) is 5.75 Å². The van der Waals surface area contributed by atoms with Gasteiger partial charge in [-0.3, -0.25) is 0 Å². The molecule has 0 bridgehead atoms. The van der Waals surface area contributed by atoms with Crippen LogP contribution in [0.1, 0.15) is 6.92 Å². The highest BCUT2D eigenvalue weighted by Crippen LogP contribution is 2.24. The molecular formula is C12H17NO5. The van der Waals surface area contributed by atoms with Crippen molar-refractivity contribution in [2.24, 2.45) is 0 Å². The number of aromatic hydroxyl groups is 1.